The molecule has 2 N–H and O–H groups in total. The summed E-state index contributed by atoms with van der Waals surface area (Å²) in [5.74, 6) is 1.98. The largest absolute Gasteiger partial charge is 0.327 e. The monoisotopic (exact) mass is 224 g/mol. The summed E-state index contributed by atoms with van der Waals surface area (Å²) in [5.41, 5.74) is 6.01. The second kappa shape index (κ2) is 6.02. The van der Waals surface area contributed by atoms with Crippen LogP contribution < -0.4 is 5.73 Å². The number of nitrogens with two attached hydrogens (primary N) is 1. The molecule has 2 heteroatoms. The van der Waals surface area contributed by atoms with Gasteiger partial charge in [0, 0.05) is 12.6 Å². The van der Waals surface area contributed by atoms with E-state index >= 15 is 0 Å². The molecule has 2 fully saturated rings. The van der Waals surface area contributed by atoms with E-state index in [2.05, 4.69) is 11.8 Å². The van der Waals surface area contributed by atoms with Crippen LogP contribution in [-0.4, -0.2) is 30.6 Å². The highest BCUT2D eigenvalue weighted by Gasteiger charge is 2.21. The Hall–Kier alpha value is -0.0800. The van der Waals surface area contributed by atoms with Crippen LogP contribution in [0.2, 0.25) is 0 Å². The maximum atomic E-state index is 6.01. The minimum atomic E-state index is 0.444. The molecular formula is C14H28N2. The van der Waals surface area contributed by atoms with Crippen LogP contribution >= 0.6 is 0 Å². The lowest BCUT2D eigenvalue weighted by atomic mass is 9.81. The summed E-state index contributed by atoms with van der Waals surface area (Å²) in [6, 6.07) is 0.444. The average molecular weight is 224 g/mol. The van der Waals surface area contributed by atoms with E-state index in [1.54, 1.807) is 0 Å². The first kappa shape index (κ1) is 12.4. The second-order valence-corrected chi connectivity index (χ2v) is 6.13. The molecule has 0 amide bonds. The first-order valence-corrected chi connectivity index (χ1v) is 7.22. The molecule has 16 heavy (non-hydrogen) atoms. The highest BCUT2D eigenvalue weighted by molar-refractivity contribution is 4.77. The third-order valence-corrected chi connectivity index (χ3v) is 4.44. The molecule has 2 rings (SSSR count). The van der Waals surface area contributed by atoms with Gasteiger partial charge in [0.15, 0.2) is 0 Å². The smallest absolute Gasteiger partial charge is 0.0168 e. The molecule has 3 atom stereocenters. The zero-order valence-electron chi connectivity index (χ0n) is 10.8. The van der Waals surface area contributed by atoms with Gasteiger partial charge in [0.2, 0.25) is 0 Å². The molecule has 0 aromatic carbocycles. The number of likely N-dealkylation sites (tertiary alicyclic amines) is 1. The summed E-state index contributed by atoms with van der Waals surface area (Å²) in [7, 11) is 0. The van der Waals surface area contributed by atoms with E-state index in [4.69, 9.17) is 5.73 Å². The summed E-state index contributed by atoms with van der Waals surface area (Å²) in [6.45, 7) is 6.15. The Bertz CT molecular complexity index is 183. The Morgan fingerprint density at radius 1 is 1.19 bits per heavy atom. The van der Waals surface area contributed by atoms with Crippen molar-refractivity contribution in [3.05, 3.63) is 0 Å². The standard InChI is InChI=1S/C14H28N2/c1-12-4-2-5-13(10-12)7-9-16-8-3-6-14(15)11-16/h12-14H,2-11,15H2,1H3. The van der Waals surface area contributed by atoms with Crippen LogP contribution in [0.3, 0.4) is 0 Å². The Kier molecular flexibility index (Phi) is 4.66. The van der Waals surface area contributed by atoms with Crippen molar-refractivity contribution in [3.63, 3.8) is 0 Å². The lowest BCUT2D eigenvalue weighted by molar-refractivity contribution is 0.177. The predicted octanol–water partition coefficient (Wildman–Crippen LogP) is 2.63. The van der Waals surface area contributed by atoms with E-state index in [9.17, 15) is 0 Å². The van der Waals surface area contributed by atoms with Crippen LogP contribution in [0.4, 0.5) is 0 Å². The Balaban J connectivity index is 1.66. The molecule has 3 unspecified atom stereocenters. The summed E-state index contributed by atoms with van der Waals surface area (Å²) in [4.78, 5) is 2.59. The molecule has 0 spiro atoms. The molecule has 0 aromatic heterocycles. The number of piperidine rings is 1. The van der Waals surface area contributed by atoms with Gasteiger partial charge in [-0.2, -0.15) is 0 Å². The van der Waals surface area contributed by atoms with Crippen molar-refractivity contribution >= 4 is 0 Å². The maximum Gasteiger partial charge on any atom is 0.0168 e. The van der Waals surface area contributed by atoms with E-state index < -0.39 is 0 Å². The molecule has 2 aliphatic rings. The van der Waals surface area contributed by atoms with Gasteiger partial charge in [0.05, 0.1) is 0 Å². The first-order chi connectivity index (χ1) is 7.74. The van der Waals surface area contributed by atoms with Crippen molar-refractivity contribution in [2.45, 2.75) is 57.9 Å². The summed E-state index contributed by atoms with van der Waals surface area (Å²) >= 11 is 0. The van der Waals surface area contributed by atoms with Crippen molar-refractivity contribution in [2.24, 2.45) is 17.6 Å². The van der Waals surface area contributed by atoms with Crippen LogP contribution in [0.25, 0.3) is 0 Å². The van der Waals surface area contributed by atoms with Crippen LogP contribution in [0.5, 0.6) is 0 Å². The molecule has 0 aromatic rings. The summed E-state index contributed by atoms with van der Waals surface area (Å²) in [6.07, 6.45) is 9.83. The Morgan fingerprint density at radius 2 is 2.06 bits per heavy atom. The van der Waals surface area contributed by atoms with E-state index in [1.807, 2.05) is 0 Å². The summed E-state index contributed by atoms with van der Waals surface area (Å²) in [5, 5.41) is 0. The third-order valence-electron chi connectivity index (χ3n) is 4.44. The highest BCUT2D eigenvalue weighted by atomic mass is 15.1. The number of nitrogens with zero attached hydrogens (tertiary/aromatic N) is 1. The Morgan fingerprint density at radius 3 is 2.81 bits per heavy atom. The molecule has 0 radical (unpaired) electrons. The van der Waals surface area contributed by atoms with Crippen molar-refractivity contribution < 1.29 is 0 Å². The van der Waals surface area contributed by atoms with Gasteiger partial charge in [0.25, 0.3) is 0 Å². The van der Waals surface area contributed by atoms with Crippen LogP contribution in [-0.2, 0) is 0 Å². The molecule has 1 aliphatic carbocycles. The molecule has 1 saturated carbocycles. The van der Waals surface area contributed by atoms with E-state index in [-0.39, 0.29) is 0 Å². The molecule has 94 valence electrons. The molecular weight excluding hydrogens is 196 g/mol. The Labute approximate surface area is 101 Å². The van der Waals surface area contributed by atoms with Crippen LogP contribution in [0.1, 0.15) is 51.9 Å². The first-order valence-electron chi connectivity index (χ1n) is 7.22. The normalized spacial score (nSPS) is 37.5. The van der Waals surface area contributed by atoms with E-state index in [1.165, 1.54) is 58.0 Å². The second-order valence-electron chi connectivity index (χ2n) is 6.13. The summed E-state index contributed by atoms with van der Waals surface area (Å²) < 4.78 is 0. The van der Waals surface area contributed by atoms with Crippen LogP contribution in [0, 0.1) is 11.8 Å². The number of hydrogen-bond donors (Lipinski definition) is 1. The van der Waals surface area contributed by atoms with Gasteiger partial charge in [-0.05, 0) is 50.6 Å². The fraction of sp³-hybridized carbons (Fsp3) is 1.00. The molecule has 0 bridgehead atoms. The average Bonchev–Trinajstić information content (AvgIpc) is 2.27. The topological polar surface area (TPSA) is 29.3 Å². The van der Waals surface area contributed by atoms with Gasteiger partial charge in [-0.15, -0.1) is 0 Å². The lowest BCUT2D eigenvalue weighted by Gasteiger charge is -2.33. The molecule has 1 heterocycles. The van der Waals surface area contributed by atoms with Crippen LogP contribution in [0.15, 0.2) is 0 Å². The predicted molar refractivity (Wildman–Crippen MR) is 69.4 cm³/mol. The third kappa shape index (κ3) is 3.74. The van der Waals surface area contributed by atoms with Gasteiger partial charge in [0.1, 0.15) is 0 Å². The number of rotatable bonds is 3. The minimum absolute atomic E-state index is 0.444. The number of hydrogen-bond acceptors (Lipinski definition) is 2. The highest BCUT2D eigenvalue weighted by Crippen LogP contribution is 2.30. The van der Waals surface area contributed by atoms with Crippen molar-refractivity contribution in [1.82, 2.24) is 4.90 Å². The SMILES string of the molecule is CC1CCCC(CCN2CCCC(N)C2)C1. The maximum absolute atomic E-state index is 6.01. The van der Waals surface area contributed by atoms with Gasteiger partial charge in [-0.1, -0.05) is 26.2 Å². The van der Waals surface area contributed by atoms with E-state index in [0.29, 0.717) is 6.04 Å². The molecule has 2 nitrogen and oxygen atoms in total. The van der Waals surface area contributed by atoms with Crippen molar-refractivity contribution in [1.29, 1.82) is 0 Å². The van der Waals surface area contributed by atoms with Gasteiger partial charge in [-0.3, -0.25) is 0 Å². The lowest BCUT2D eigenvalue weighted by Crippen LogP contribution is -2.43. The fourth-order valence-electron chi connectivity index (χ4n) is 3.48. The van der Waals surface area contributed by atoms with Crippen molar-refractivity contribution in [3.8, 4) is 0 Å². The zero-order chi connectivity index (χ0) is 11.4. The van der Waals surface area contributed by atoms with Gasteiger partial charge >= 0.3 is 0 Å². The van der Waals surface area contributed by atoms with Gasteiger partial charge < -0.3 is 10.6 Å². The minimum Gasteiger partial charge on any atom is -0.327 e. The fourth-order valence-corrected chi connectivity index (χ4v) is 3.48. The van der Waals surface area contributed by atoms with Gasteiger partial charge in [-0.25, -0.2) is 0 Å². The molecule has 1 saturated heterocycles. The zero-order valence-corrected chi connectivity index (χ0v) is 10.8. The molecule has 1 aliphatic heterocycles. The van der Waals surface area contributed by atoms with Crippen molar-refractivity contribution in [2.75, 3.05) is 19.6 Å². The quantitative estimate of drug-likeness (QED) is 0.798. The van der Waals surface area contributed by atoms with E-state index in [0.717, 1.165) is 18.4 Å².